The molecule has 0 aromatic heterocycles. The molecule has 5 heteroatoms. The molecule has 0 aromatic rings. The van der Waals surface area contributed by atoms with E-state index in [0.717, 1.165) is 19.3 Å². The zero-order chi connectivity index (χ0) is 17.1. The van der Waals surface area contributed by atoms with Crippen molar-refractivity contribution in [3.63, 3.8) is 0 Å². The second kappa shape index (κ2) is 11.4. The molecule has 0 aromatic carbocycles. The average molecular weight is 326 g/mol. The van der Waals surface area contributed by atoms with Gasteiger partial charge in [-0.3, -0.25) is 4.79 Å². The third-order valence-electron chi connectivity index (χ3n) is 3.94. The highest BCUT2D eigenvalue weighted by molar-refractivity contribution is 5.67. The molecule has 4 atom stereocenters. The first kappa shape index (κ1) is 19.9. The number of carboxylic acid groups (broad SMARTS) is 1. The molecule has 0 aliphatic carbocycles. The lowest BCUT2D eigenvalue weighted by molar-refractivity contribution is -0.139. The Labute approximate surface area is 138 Å². The Bertz CT molecular complexity index is 391. The van der Waals surface area contributed by atoms with E-state index in [9.17, 15) is 15.0 Å². The fraction of sp³-hybridized carbons (Fsp3) is 0.722. The van der Waals surface area contributed by atoms with E-state index in [2.05, 4.69) is 13.0 Å². The van der Waals surface area contributed by atoms with Gasteiger partial charge >= 0.3 is 5.97 Å². The van der Waals surface area contributed by atoms with Crippen LogP contribution in [-0.4, -0.2) is 45.7 Å². The van der Waals surface area contributed by atoms with Gasteiger partial charge in [0.25, 0.3) is 0 Å². The number of carboxylic acids is 1. The number of aliphatic hydroxyl groups is 2. The summed E-state index contributed by atoms with van der Waals surface area (Å²) in [5, 5.41) is 27.6. The predicted octanol–water partition coefficient (Wildman–Crippen LogP) is 2.81. The molecule has 1 aliphatic rings. The zero-order valence-electron chi connectivity index (χ0n) is 13.9. The molecule has 0 spiro atoms. The number of hydrogen-bond acceptors (Lipinski definition) is 4. The zero-order valence-corrected chi connectivity index (χ0v) is 13.9. The number of aliphatic carboxylic acids is 1. The summed E-state index contributed by atoms with van der Waals surface area (Å²) in [5.74, 6) is -1.06. The fourth-order valence-electron chi connectivity index (χ4n) is 2.76. The molecule has 132 valence electrons. The molecule has 0 amide bonds. The molecule has 0 radical (unpaired) electrons. The molecule has 3 N–H and O–H groups in total. The van der Waals surface area contributed by atoms with Gasteiger partial charge in [-0.1, -0.05) is 24.3 Å². The van der Waals surface area contributed by atoms with E-state index < -0.39 is 18.2 Å². The molecule has 1 rings (SSSR count). The van der Waals surface area contributed by atoms with Crippen molar-refractivity contribution in [1.29, 1.82) is 0 Å². The Morgan fingerprint density at radius 3 is 2.74 bits per heavy atom. The molecule has 5 nitrogen and oxygen atoms in total. The lowest BCUT2D eigenvalue weighted by atomic mass is 10.0. The van der Waals surface area contributed by atoms with E-state index in [1.165, 1.54) is 12.8 Å². The summed E-state index contributed by atoms with van der Waals surface area (Å²) < 4.78 is 5.86. The minimum absolute atomic E-state index is 0.0454. The van der Waals surface area contributed by atoms with Crippen molar-refractivity contribution >= 4 is 5.97 Å². The highest BCUT2D eigenvalue weighted by Gasteiger charge is 2.17. The first-order chi connectivity index (χ1) is 11.0. The van der Waals surface area contributed by atoms with Crippen molar-refractivity contribution in [1.82, 2.24) is 0 Å². The number of allylic oxidation sites excluding steroid dienone is 3. The Balaban J connectivity index is 2.09. The minimum Gasteiger partial charge on any atom is -0.481 e. The largest absolute Gasteiger partial charge is 0.481 e. The molecule has 0 bridgehead atoms. The minimum atomic E-state index is -1.06. The number of hydrogen-bond donors (Lipinski definition) is 3. The van der Waals surface area contributed by atoms with E-state index in [1.54, 1.807) is 6.08 Å². The summed E-state index contributed by atoms with van der Waals surface area (Å²) in [7, 11) is 0. The monoisotopic (exact) mass is 326 g/mol. The second-order valence-corrected chi connectivity index (χ2v) is 6.27. The Morgan fingerprint density at radius 2 is 2.04 bits per heavy atom. The summed E-state index contributed by atoms with van der Waals surface area (Å²) in [6.45, 7) is 2.13. The van der Waals surface area contributed by atoms with Crippen LogP contribution >= 0.6 is 0 Å². The SMILES string of the molecule is CC1CCCC(CC/C=C\C/C=C\C(O)CC(O)CC(=O)O)O1. The quantitative estimate of drug-likeness (QED) is 0.537. The van der Waals surface area contributed by atoms with Crippen LogP contribution in [-0.2, 0) is 9.53 Å². The van der Waals surface area contributed by atoms with Crippen LogP contribution in [0.15, 0.2) is 24.3 Å². The normalized spacial score (nSPS) is 25.0. The van der Waals surface area contributed by atoms with Gasteiger partial charge in [0, 0.05) is 6.42 Å². The van der Waals surface area contributed by atoms with Gasteiger partial charge in [0.2, 0.25) is 0 Å². The molecule has 1 fully saturated rings. The van der Waals surface area contributed by atoms with Gasteiger partial charge in [-0.15, -0.1) is 0 Å². The Kier molecular flexibility index (Phi) is 9.83. The van der Waals surface area contributed by atoms with Crippen molar-refractivity contribution < 1.29 is 24.9 Å². The summed E-state index contributed by atoms with van der Waals surface area (Å²) >= 11 is 0. The van der Waals surface area contributed by atoms with E-state index in [0.29, 0.717) is 18.6 Å². The van der Waals surface area contributed by atoms with Crippen LogP contribution in [0.4, 0.5) is 0 Å². The van der Waals surface area contributed by atoms with Crippen molar-refractivity contribution in [2.24, 2.45) is 0 Å². The number of carbonyl (C=O) groups is 1. The maximum Gasteiger partial charge on any atom is 0.305 e. The molecule has 1 saturated heterocycles. The topological polar surface area (TPSA) is 87.0 Å². The lowest BCUT2D eigenvalue weighted by Gasteiger charge is -2.27. The lowest BCUT2D eigenvalue weighted by Crippen LogP contribution is -2.25. The third kappa shape index (κ3) is 10.3. The van der Waals surface area contributed by atoms with E-state index in [-0.39, 0.29) is 12.8 Å². The highest BCUT2D eigenvalue weighted by Crippen LogP contribution is 2.21. The van der Waals surface area contributed by atoms with Gasteiger partial charge in [-0.25, -0.2) is 0 Å². The maximum atomic E-state index is 10.4. The van der Waals surface area contributed by atoms with Crippen LogP contribution in [0.2, 0.25) is 0 Å². The third-order valence-corrected chi connectivity index (χ3v) is 3.94. The van der Waals surface area contributed by atoms with E-state index in [4.69, 9.17) is 9.84 Å². The Hall–Kier alpha value is -1.17. The van der Waals surface area contributed by atoms with Crippen LogP contribution in [0.1, 0.15) is 58.3 Å². The molecular weight excluding hydrogens is 296 g/mol. The number of rotatable bonds is 10. The van der Waals surface area contributed by atoms with Crippen molar-refractivity contribution in [2.45, 2.75) is 82.7 Å². The fourth-order valence-corrected chi connectivity index (χ4v) is 2.76. The predicted molar refractivity (Wildman–Crippen MR) is 89.2 cm³/mol. The summed E-state index contributed by atoms with van der Waals surface area (Å²) in [4.78, 5) is 10.4. The van der Waals surface area contributed by atoms with Gasteiger partial charge in [-0.2, -0.15) is 0 Å². The van der Waals surface area contributed by atoms with Gasteiger partial charge in [0.05, 0.1) is 30.8 Å². The van der Waals surface area contributed by atoms with Gasteiger partial charge in [-0.05, 0) is 45.4 Å². The summed E-state index contributed by atoms with van der Waals surface area (Å²) in [6, 6.07) is 0. The number of ether oxygens (including phenoxy) is 1. The first-order valence-corrected chi connectivity index (χ1v) is 8.52. The average Bonchev–Trinajstić information content (AvgIpc) is 2.45. The molecule has 1 aliphatic heterocycles. The molecule has 23 heavy (non-hydrogen) atoms. The van der Waals surface area contributed by atoms with Crippen LogP contribution in [0, 0.1) is 0 Å². The van der Waals surface area contributed by atoms with Crippen LogP contribution in [0.5, 0.6) is 0 Å². The van der Waals surface area contributed by atoms with Crippen molar-refractivity contribution in [3.8, 4) is 0 Å². The molecule has 0 saturated carbocycles. The summed E-state index contributed by atoms with van der Waals surface area (Å²) in [5.41, 5.74) is 0. The van der Waals surface area contributed by atoms with E-state index >= 15 is 0 Å². The smallest absolute Gasteiger partial charge is 0.305 e. The molecule has 1 heterocycles. The second-order valence-electron chi connectivity index (χ2n) is 6.27. The maximum absolute atomic E-state index is 10.4. The van der Waals surface area contributed by atoms with E-state index in [1.807, 2.05) is 12.2 Å². The van der Waals surface area contributed by atoms with Gasteiger partial charge in [0.1, 0.15) is 0 Å². The van der Waals surface area contributed by atoms with Crippen LogP contribution in [0.25, 0.3) is 0 Å². The summed E-state index contributed by atoms with van der Waals surface area (Å²) in [6.07, 6.45) is 12.6. The Morgan fingerprint density at radius 1 is 1.26 bits per heavy atom. The molecular formula is C18H30O5. The van der Waals surface area contributed by atoms with Crippen molar-refractivity contribution in [3.05, 3.63) is 24.3 Å². The first-order valence-electron chi connectivity index (χ1n) is 8.52. The molecule has 4 unspecified atom stereocenters. The van der Waals surface area contributed by atoms with Gasteiger partial charge < -0.3 is 20.1 Å². The highest BCUT2D eigenvalue weighted by atomic mass is 16.5. The number of aliphatic hydroxyl groups excluding tert-OH is 2. The van der Waals surface area contributed by atoms with Gasteiger partial charge in [0.15, 0.2) is 0 Å². The van der Waals surface area contributed by atoms with Crippen LogP contribution in [0.3, 0.4) is 0 Å². The standard InChI is InChI=1S/C18H30O5/c1-14-8-7-11-17(23-14)10-6-4-2-3-5-9-15(19)12-16(20)13-18(21)22/h2,4-5,9,14-17,19-20H,3,6-8,10-13H2,1H3,(H,21,22)/b4-2-,9-5-. The van der Waals surface area contributed by atoms with Crippen molar-refractivity contribution in [2.75, 3.05) is 0 Å². The van der Waals surface area contributed by atoms with Crippen LogP contribution < -0.4 is 0 Å².